The Morgan fingerprint density at radius 2 is 1.27 bits per heavy atom. The molecule has 0 amide bonds. The van der Waals surface area contributed by atoms with Gasteiger partial charge in [0.1, 0.15) is 0 Å². The third kappa shape index (κ3) is 6.42. The second-order valence-electron chi connectivity index (χ2n) is 1.46. The van der Waals surface area contributed by atoms with Gasteiger partial charge in [-0.1, -0.05) is 0 Å². The minimum absolute atomic E-state index is 0. The predicted molar refractivity (Wildman–Crippen MR) is 46.3 cm³/mol. The summed E-state index contributed by atoms with van der Waals surface area (Å²) in [5.74, 6) is 0. The molecule has 2 rings (SSSR count). The molecule has 0 fully saturated rings. The van der Waals surface area contributed by atoms with Crippen molar-refractivity contribution in [1.29, 1.82) is 0 Å². The molecule has 0 aliphatic heterocycles. The van der Waals surface area contributed by atoms with Crippen LogP contribution >= 0.6 is 22.7 Å². The summed E-state index contributed by atoms with van der Waals surface area (Å²) in [7, 11) is 0. The number of thiophene rings is 2. The topological polar surface area (TPSA) is 0 Å². The predicted octanol–water partition coefficient (Wildman–Crippen LogP) is 3.09. The molecule has 0 aromatic carbocycles. The first kappa shape index (κ1) is 11.0. The summed E-state index contributed by atoms with van der Waals surface area (Å²) in [6.45, 7) is 0. The number of hydrogen-bond acceptors (Lipinski definition) is 2. The van der Waals surface area contributed by atoms with Crippen LogP contribution in [0.4, 0.5) is 0 Å². The summed E-state index contributed by atoms with van der Waals surface area (Å²) in [5, 5.41) is 9.78. The van der Waals surface area contributed by atoms with Gasteiger partial charge in [0.15, 0.2) is 0 Å². The van der Waals surface area contributed by atoms with Gasteiger partial charge in [0.25, 0.3) is 0 Å². The summed E-state index contributed by atoms with van der Waals surface area (Å²) >= 11 is 3.18. The molecule has 2 aromatic rings. The van der Waals surface area contributed by atoms with Crippen molar-refractivity contribution < 1.29 is 19.5 Å². The van der Waals surface area contributed by atoms with E-state index in [1.807, 2.05) is 35.0 Å². The monoisotopic (exact) mass is 230 g/mol. The molecule has 0 nitrogen and oxygen atoms in total. The van der Waals surface area contributed by atoms with E-state index in [1.54, 1.807) is 22.7 Å². The quantitative estimate of drug-likeness (QED) is 0.483. The van der Waals surface area contributed by atoms with E-state index in [2.05, 4.69) is 10.8 Å². The molecule has 52 valence electrons. The van der Waals surface area contributed by atoms with Crippen LogP contribution in [0.25, 0.3) is 0 Å². The van der Waals surface area contributed by atoms with Gasteiger partial charge in [0.05, 0.1) is 0 Å². The van der Waals surface area contributed by atoms with Crippen molar-refractivity contribution in [2.24, 2.45) is 0 Å². The Bertz CT molecular complexity index is 151. The van der Waals surface area contributed by atoms with E-state index in [4.69, 9.17) is 0 Å². The third-order valence-corrected chi connectivity index (χ3v) is 1.89. The van der Waals surface area contributed by atoms with Crippen molar-refractivity contribution >= 4 is 22.7 Å². The average molecular weight is 232 g/mol. The van der Waals surface area contributed by atoms with Crippen LogP contribution in [-0.2, 0) is 19.5 Å². The summed E-state index contributed by atoms with van der Waals surface area (Å²) in [5.41, 5.74) is 0. The van der Waals surface area contributed by atoms with Gasteiger partial charge in [0, 0.05) is 0 Å². The van der Waals surface area contributed by atoms with Crippen molar-refractivity contribution in [3.63, 3.8) is 0 Å². The third-order valence-electron chi connectivity index (χ3n) is 0.758. The second kappa shape index (κ2) is 8.12. The molecule has 2 heterocycles. The maximum Gasteiger partial charge on any atom is 2.00 e. The van der Waals surface area contributed by atoms with Gasteiger partial charge in [-0.2, -0.15) is 22.9 Å². The number of hydrogen-bond donors (Lipinski definition) is 0. The normalized spacial score (nSPS) is 7.27. The van der Waals surface area contributed by atoms with Crippen LogP contribution < -0.4 is 0 Å². The molecule has 3 heteroatoms. The van der Waals surface area contributed by atoms with Crippen molar-refractivity contribution in [3.05, 3.63) is 45.8 Å². The summed E-state index contributed by atoms with van der Waals surface area (Å²) in [4.78, 5) is 0. The molecule has 0 aliphatic rings. The molecular formula is C8H6S2Zn. The zero-order chi connectivity index (χ0) is 7.07. The molecule has 0 radical (unpaired) electrons. The minimum atomic E-state index is 0. The van der Waals surface area contributed by atoms with E-state index in [9.17, 15) is 0 Å². The molecule has 0 atom stereocenters. The Balaban J connectivity index is 0.000000167. The van der Waals surface area contributed by atoms with E-state index >= 15 is 0 Å². The molecule has 0 aliphatic carbocycles. The first-order valence-corrected chi connectivity index (χ1v) is 4.55. The Morgan fingerprint density at radius 3 is 1.36 bits per heavy atom. The van der Waals surface area contributed by atoms with Crippen LogP contribution in [0.2, 0.25) is 0 Å². The molecule has 0 bridgehead atoms. The van der Waals surface area contributed by atoms with Gasteiger partial charge in [-0.15, -0.1) is 10.8 Å². The fourth-order valence-electron chi connectivity index (χ4n) is 0.393. The fraction of sp³-hybridized carbons (Fsp3) is 0. The molecule has 2 aromatic heterocycles. The molecule has 0 unspecified atom stereocenters. The molecule has 0 spiro atoms. The van der Waals surface area contributed by atoms with Crippen LogP contribution in [0, 0.1) is 10.8 Å². The first-order chi connectivity index (χ1) is 5.00. The van der Waals surface area contributed by atoms with Crippen LogP contribution in [-0.4, -0.2) is 0 Å². The fourth-order valence-corrected chi connectivity index (χ4v) is 1.18. The zero-order valence-corrected chi connectivity index (χ0v) is 10.6. The van der Waals surface area contributed by atoms with Crippen molar-refractivity contribution in [3.8, 4) is 0 Å². The molecule has 0 saturated heterocycles. The second-order valence-corrected chi connectivity index (χ2v) is 2.95. The van der Waals surface area contributed by atoms with Crippen LogP contribution in [0.3, 0.4) is 0 Å². The largest absolute Gasteiger partial charge is 2.00 e. The van der Waals surface area contributed by atoms with Gasteiger partial charge in [-0.05, 0) is 0 Å². The molecule has 11 heavy (non-hydrogen) atoms. The minimum Gasteiger partial charge on any atom is -0.304 e. The van der Waals surface area contributed by atoms with Gasteiger partial charge >= 0.3 is 19.5 Å². The smallest absolute Gasteiger partial charge is 0.304 e. The SMILES string of the molecule is [Zn+2].[c-]1cccs1.[c-]1cccs1. The van der Waals surface area contributed by atoms with E-state index in [-0.39, 0.29) is 19.5 Å². The van der Waals surface area contributed by atoms with Crippen LogP contribution in [0.15, 0.2) is 35.0 Å². The standard InChI is InChI=1S/2C4H3S.Zn/c2*1-2-4-5-3-1;/h2*1-3H;/q2*-1;+2. The van der Waals surface area contributed by atoms with E-state index < -0.39 is 0 Å². The summed E-state index contributed by atoms with van der Waals surface area (Å²) < 4.78 is 0. The van der Waals surface area contributed by atoms with Crippen LogP contribution in [0.1, 0.15) is 0 Å². The zero-order valence-electron chi connectivity index (χ0n) is 5.99. The first-order valence-electron chi connectivity index (χ1n) is 2.79. The van der Waals surface area contributed by atoms with E-state index in [1.165, 1.54) is 0 Å². The Hall–Kier alpha value is 0.0234. The van der Waals surface area contributed by atoms with Crippen molar-refractivity contribution in [2.45, 2.75) is 0 Å². The molecular weight excluding hydrogens is 226 g/mol. The Morgan fingerprint density at radius 1 is 0.818 bits per heavy atom. The maximum absolute atomic E-state index is 2.90. The summed E-state index contributed by atoms with van der Waals surface area (Å²) in [6, 6.07) is 7.71. The number of rotatable bonds is 0. The molecule has 0 N–H and O–H groups in total. The van der Waals surface area contributed by atoms with Gasteiger partial charge in [-0.3, -0.25) is 0 Å². The average Bonchev–Trinajstić information content (AvgIpc) is 2.67. The van der Waals surface area contributed by atoms with Crippen molar-refractivity contribution in [1.82, 2.24) is 0 Å². The summed E-state index contributed by atoms with van der Waals surface area (Å²) in [6.07, 6.45) is 0. The van der Waals surface area contributed by atoms with Gasteiger partial charge in [-0.25, -0.2) is 12.1 Å². The van der Waals surface area contributed by atoms with E-state index in [0.717, 1.165) is 0 Å². The van der Waals surface area contributed by atoms with E-state index in [0.29, 0.717) is 0 Å². The van der Waals surface area contributed by atoms with Crippen LogP contribution in [0.5, 0.6) is 0 Å². The Kier molecular flexibility index (Phi) is 8.14. The molecule has 0 saturated carbocycles. The van der Waals surface area contributed by atoms with Gasteiger partial charge < -0.3 is 22.7 Å². The van der Waals surface area contributed by atoms with Crippen molar-refractivity contribution in [2.75, 3.05) is 0 Å². The van der Waals surface area contributed by atoms with Gasteiger partial charge in [0.2, 0.25) is 0 Å². The Labute approximate surface area is 87.7 Å². The maximum atomic E-state index is 2.90.